The minimum absolute atomic E-state index is 0.0231. The van der Waals surface area contributed by atoms with E-state index in [0.717, 1.165) is 23.0 Å². The normalized spacial score (nSPS) is 15.5. The highest BCUT2D eigenvalue weighted by molar-refractivity contribution is 9.09. The van der Waals surface area contributed by atoms with E-state index in [1.807, 2.05) is 0 Å². The topological polar surface area (TPSA) is 63.5 Å². The smallest absolute Gasteiger partial charge is 0.269 e. The molecule has 6 heteroatoms. The standard InChI is InChI=1S/C13H15BrN2O3/c1-2-9(7-14)8-15-12-4-3-11(16(18)19)5-10(12)6-13(15)17/h3-5,9H,2,6-8H2,1H3. The van der Waals surface area contributed by atoms with Crippen LogP contribution in [0.3, 0.4) is 0 Å². The van der Waals surface area contributed by atoms with E-state index >= 15 is 0 Å². The van der Waals surface area contributed by atoms with Gasteiger partial charge in [0.15, 0.2) is 0 Å². The zero-order valence-electron chi connectivity index (χ0n) is 10.6. The van der Waals surface area contributed by atoms with Crippen LogP contribution in [-0.2, 0) is 11.2 Å². The van der Waals surface area contributed by atoms with Gasteiger partial charge >= 0.3 is 0 Å². The fourth-order valence-electron chi connectivity index (χ4n) is 2.23. The molecule has 1 amide bonds. The van der Waals surface area contributed by atoms with Crippen molar-refractivity contribution in [2.24, 2.45) is 5.92 Å². The maximum Gasteiger partial charge on any atom is 0.269 e. The molecule has 19 heavy (non-hydrogen) atoms. The number of hydrogen-bond donors (Lipinski definition) is 0. The Labute approximate surface area is 119 Å². The zero-order chi connectivity index (χ0) is 14.0. The monoisotopic (exact) mass is 326 g/mol. The Morgan fingerprint density at radius 2 is 2.26 bits per heavy atom. The van der Waals surface area contributed by atoms with Crippen LogP contribution in [0.25, 0.3) is 0 Å². The molecule has 0 bridgehead atoms. The Hall–Kier alpha value is -1.43. The average molecular weight is 327 g/mol. The number of nitro benzene ring substituents is 1. The molecule has 2 rings (SSSR count). The molecule has 102 valence electrons. The first-order valence-corrected chi connectivity index (χ1v) is 7.32. The number of anilines is 1. The number of nitrogens with zero attached hydrogens (tertiary/aromatic N) is 2. The van der Waals surface area contributed by atoms with Gasteiger partial charge in [0.1, 0.15) is 0 Å². The van der Waals surface area contributed by atoms with E-state index in [9.17, 15) is 14.9 Å². The molecular weight excluding hydrogens is 312 g/mol. The van der Waals surface area contributed by atoms with Crippen LogP contribution in [0.15, 0.2) is 18.2 Å². The van der Waals surface area contributed by atoms with E-state index in [2.05, 4.69) is 22.9 Å². The summed E-state index contributed by atoms with van der Waals surface area (Å²) in [5.74, 6) is 0.417. The number of alkyl halides is 1. The van der Waals surface area contributed by atoms with E-state index in [1.165, 1.54) is 12.1 Å². The summed E-state index contributed by atoms with van der Waals surface area (Å²) in [7, 11) is 0. The van der Waals surface area contributed by atoms with E-state index in [-0.39, 0.29) is 18.0 Å². The van der Waals surface area contributed by atoms with Crippen molar-refractivity contribution >= 4 is 33.2 Å². The Bertz CT molecular complexity index is 515. The lowest BCUT2D eigenvalue weighted by molar-refractivity contribution is -0.384. The van der Waals surface area contributed by atoms with Crippen molar-refractivity contribution in [2.75, 3.05) is 16.8 Å². The van der Waals surface area contributed by atoms with Crippen LogP contribution in [0, 0.1) is 16.0 Å². The third-order valence-electron chi connectivity index (χ3n) is 3.44. The highest BCUT2D eigenvalue weighted by Crippen LogP contribution is 2.32. The van der Waals surface area contributed by atoms with Crippen LogP contribution in [0.5, 0.6) is 0 Å². The fraction of sp³-hybridized carbons (Fsp3) is 0.462. The molecule has 5 nitrogen and oxygen atoms in total. The summed E-state index contributed by atoms with van der Waals surface area (Å²) in [5, 5.41) is 11.6. The maximum atomic E-state index is 12.0. The summed E-state index contributed by atoms with van der Waals surface area (Å²) >= 11 is 3.45. The molecule has 1 heterocycles. The van der Waals surface area contributed by atoms with Crippen LogP contribution in [0.2, 0.25) is 0 Å². The van der Waals surface area contributed by atoms with Crippen molar-refractivity contribution in [3.8, 4) is 0 Å². The number of fused-ring (bicyclic) bond motifs is 1. The first-order valence-electron chi connectivity index (χ1n) is 6.20. The average Bonchev–Trinajstić information content (AvgIpc) is 2.70. The zero-order valence-corrected chi connectivity index (χ0v) is 12.2. The number of benzene rings is 1. The molecule has 0 fully saturated rings. The highest BCUT2D eigenvalue weighted by atomic mass is 79.9. The number of rotatable bonds is 5. The predicted molar refractivity (Wildman–Crippen MR) is 76.7 cm³/mol. The third kappa shape index (κ3) is 2.78. The highest BCUT2D eigenvalue weighted by Gasteiger charge is 2.29. The van der Waals surface area contributed by atoms with Crippen LogP contribution >= 0.6 is 15.9 Å². The molecular formula is C13H15BrN2O3. The second-order valence-corrected chi connectivity index (χ2v) is 5.33. The number of hydrogen-bond acceptors (Lipinski definition) is 3. The lowest BCUT2D eigenvalue weighted by Gasteiger charge is -2.22. The Morgan fingerprint density at radius 1 is 1.53 bits per heavy atom. The molecule has 1 aromatic rings. The van der Waals surface area contributed by atoms with E-state index < -0.39 is 4.92 Å². The molecule has 0 radical (unpaired) electrons. The van der Waals surface area contributed by atoms with Crippen LogP contribution in [-0.4, -0.2) is 22.7 Å². The summed E-state index contributed by atoms with van der Waals surface area (Å²) in [6, 6.07) is 4.64. The summed E-state index contributed by atoms with van der Waals surface area (Å²) in [6.45, 7) is 2.74. The maximum absolute atomic E-state index is 12.0. The van der Waals surface area contributed by atoms with Crippen molar-refractivity contribution in [3.05, 3.63) is 33.9 Å². The second kappa shape index (κ2) is 5.69. The van der Waals surface area contributed by atoms with Gasteiger partial charge in [-0.1, -0.05) is 29.3 Å². The number of carbonyl (C=O) groups excluding carboxylic acids is 1. The molecule has 1 unspecified atom stereocenters. The van der Waals surface area contributed by atoms with Crippen LogP contribution in [0.1, 0.15) is 18.9 Å². The molecule has 0 saturated heterocycles. The van der Waals surface area contributed by atoms with Gasteiger partial charge in [0.2, 0.25) is 5.91 Å². The van der Waals surface area contributed by atoms with Gasteiger partial charge in [-0.2, -0.15) is 0 Å². The first-order chi connectivity index (χ1) is 9.06. The van der Waals surface area contributed by atoms with Gasteiger partial charge < -0.3 is 4.90 Å². The van der Waals surface area contributed by atoms with Gasteiger partial charge in [-0.15, -0.1) is 0 Å². The lowest BCUT2D eigenvalue weighted by Crippen LogP contribution is -2.32. The lowest BCUT2D eigenvalue weighted by atomic mass is 10.1. The van der Waals surface area contributed by atoms with Crippen LogP contribution < -0.4 is 4.90 Å². The SMILES string of the molecule is CCC(CBr)CN1C(=O)Cc2cc([N+](=O)[O-])ccc21. The largest absolute Gasteiger partial charge is 0.312 e. The Balaban J connectivity index is 2.26. The van der Waals surface area contributed by atoms with Crippen molar-refractivity contribution in [1.29, 1.82) is 0 Å². The number of amides is 1. The van der Waals surface area contributed by atoms with E-state index in [4.69, 9.17) is 0 Å². The number of halogens is 1. The first kappa shape index (κ1) is 14.0. The number of carbonyl (C=O) groups is 1. The van der Waals surface area contributed by atoms with Gasteiger partial charge in [-0.3, -0.25) is 14.9 Å². The van der Waals surface area contributed by atoms with Gasteiger partial charge in [-0.25, -0.2) is 0 Å². The number of nitro groups is 1. The second-order valence-electron chi connectivity index (χ2n) is 4.68. The van der Waals surface area contributed by atoms with Crippen LogP contribution in [0.4, 0.5) is 11.4 Å². The molecule has 1 atom stereocenters. The van der Waals surface area contributed by atoms with Crippen molar-refractivity contribution in [3.63, 3.8) is 0 Å². The predicted octanol–water partition coefficient (Wildman–Crippen LogP) is 2.91. The molecule has 0 N–H and O–H groups in total. The fourth-order valence-corrected chi connectivity index (χ4v) is 2.89. The number of non-ortho nitro benzene ring substituents is 1. The van der Waals surface area contributed by atoms with Gasteiger partial charge in [0, 0.05) is 29.7 Å². The Morgan fingerprint density at radius 3 is 2.84 bits per heavy atom. The summed E-state index contributed by atoms with van der Waals surface area (Å²) in [4.78, 5) is 24.1. The Kier molecular flexibility index (Phi) is 4.19. The van der Waals surface area contributed by atoms with Gasteiger partial charge in [0.25, 0.3) is 5.69 Å². The molecule has 1 aromatic carbocycles. The summed E-state index contributed by atoms with van der Waals surface area (Å²) in [6.07, 6.45) is 1.24. The minimum atomic E-state index is -0.430. The van der Waals surface area contributed by atoms with Crippen molar-refractivity contribution in [2.45, 2.75) is 19.8 Å². The summed E-state index contributed by atoms with van der Waals surface area (Å²) < 4.78 is 0. The molecule has 1 aliphatic heterocycles. The molecule has 0 aromatic heterocycles. The van der Waals surface area contributed by atoms with E-state index in [0.29, 0.717) is 12.5 Å². The quantitative estimate of drug-likeness (QED) is 0.474. The van der Waals surface area contributed by atoms with E-state index in [1.54, 1.807) is 11.0 Å². The molecule has 0 spiro atoms. The minimum Gasteiger partial charge on any atom is -0.312 e. The summed E-state index contributed by atoms with van der Waals surface area (Å²) in [5.41, 5.74) is 1.61. The van der Waals surface area contributed by atoms with Crippen molar-refractivity contribution in [1.82, 2.24) is 0 Å². The van der Waals surface area contributed by atoms with Gasteiger partial charge in [0.05, 0.1) is 11.3 Å². The molecule has 0 saturated carbocycles. The van der Waals surface area contributed by atoms with Crippen molar-refractivity contribution < 1.29 is 9.72 Å². The third-order valence-corrected chi connectivity index (χ3v) is 4.36. The molecule has 1 aliphatic rings. The molecule has 0 aliphatic carbocycles. The van der Waals surface area contributed by atoms with Gasteiger partial charge in [-0.05, 0) is 17.5 Å².